The zero-order valence-electron chi connectivity index (χ0n) is 9.62. The number of nitrogen functional groups attached to an aromatic ring is 1. The van der Waals surface area contributed by atoms with Crippen LogP contribution in [0.4, 0.5) is 11.6 Å². The Morgan fingerprint density at radius 3 is 3.00 bits per heavy atom. The fourth-order valence-electron chi connectivity index (χ4n) is 1.27. The van der Waals surface area contributed by atoms with Crippen LogP contribution >= 0.6 is 0 Å². The van der Waals surface area contributed by atoms with Gasteiger partial charge in [0.1, 0.15) is 0 Å². The average Bonchev–Trinajstić information content (AvgIpc) is 2.81. The van der Waals surface area contributed by atoms with Crippen LogP contribution in [0.1, 0.15) is 5.56 Å². The molecule has 1 aromatic carbocycles. The van der Waals surface area contributed by atoms with Crippen LogP contribution in [-0.4, -0.2) is 31.5 Å². The van der Waals surface area contributed by atoms with Gasteiger partial charge in [-0.1, -0.05) is 28.1 Å². The third kappa shape index (κ3) is 3.19. The van der Waals surface area contributed by atoms with Crippen molar-refractivity contribution in [1.29, 1.82) is 0 Å². The second kappa shape index (κ2) is 5.49. The van der Waals surface area contributed by atoms with Crippen molar-refractivity contribution in [1.82, 2.24) is 20.3 Å². The topological polar surface area (TPSA) is 125 Å². The van der Waals surface area contributed by atoms with E-state index >= 15 is 0 Å². The summed E-state index contributed by atoms with van der Waals surface area (Å²) in [5.74, 6) is 0.0694. The summed E-state index contributed by atoms with van der Waals surface area (Å²) < 4.78 is 0. The summed E-state index contributed by atoms with van der Waals surface area (Å²) in [6.07, 6.45) is 4.68. The molecule has 9 nitrogen and oxygen atoms in total. The monoisotopic (exact) mass is 259 g/mol. The summed E-state index contributed by atoms with van der Waals surface area (Å²) >= 11 is 0. The molecule has 0 saturated heterocycles. The summed E-state index contributed by atoms with van der Waals surface area (Å²) in [6, 6.07) is 6.22. The Bertz CT molecular complexity index is 647. The van der Waals surface area contributed by atoms with Gasteiger partial charge in [-0.2, -0.15) is 5.10 Å². The van der Waals surface area contributed by atoms with Gasteiger partial charge in [-0.15, -0.1) is 0 Å². The standard InChI is InChI=1S/C10H9N7O2/c11-10-13-14-15-16(10)12-6-2-4-8-3-1-5-9(7-8)17(18)19/h1-7H,(H2,11,13,15)/b4-2+,12-6+. The molecular weight excluding hydrogens is 250 g/mol. The smallest absolute Gasteiger partial charge is 0.270 e. The van der Waals surface area contributed by atoms with Gasteiger partial charge < -0.3 is 5.73 Å². The lowest BCUT2D eigenvalue weighted by Crippen LogP contribution is -1.98. The Morgan fingerprint density at radius 1 is 1.47 bits per heavy atom. The number of benzene rings is 1. The number of hydrogen-bond acceptors (Lipinski definition) is 7. The largest absolute Gasteiger partial charge is 0.365 e. The number of aromatic nitrogens is 4. The van der Waals surface area contributed by atoms with Crippen LogP contribution in [0.5, 0.6) is 0 Å². The Balaban J connectivity index is 2.07. The molecule has 0 atom stereocenters. The fraction of sp³-hybridized carbons (Fsp3) is 0. The maximum Gasteiger partial charge on any atom is 0.270 e. The maximum atomic E-state index is 10.6. The lowest BCUT2D eigenvalue weighted by atomic mass is 10.2. The number of anilines is 1. The van der Waals surface area contributed by atoms with Crippen LogP contribution in [0.2, 0.25) is 0 Å². The zero-order chi connectivity index (χ0) is 13.7. The van der Waals surface area contributed by atoms with Gasteiger partial charge in [0.15, 0.2) is 0 Å². The Labute approximate surface area is 107 Å². The van der Waals surface area contributed by atoms with E-state index < -0.39 is 4.92 Å². The molecular formula is C10H9N7O2. The fourth-order valence-corrected chi connectivity index (χ4v) is 1.27. The number of tetrazole rings is 1. The highest BCUT2D eigenvalue weighted by Crippen LogP contribution is 2.13. The van der Waals surface area contributed by atoms with Crippen LogP contribution in [0.3, 0.4) is 0 Å². The highest BCUT2D eigenvalue weighted by Gasteiger charge is 2.03. The molecule has 0 saturated carbocycles. The van der Waals surface area contributed by atoms with E-state index in [2.05, 4.69) is 20.6 Å². The number of nitro benzene ring substituents is 1. The van der Waals surface area contributed by atoms with Crippen molar-refractivity contribution < 1.29 is 4.92 Å². The third-order valence-corrected chi connectivity index (χ3v) is 2.11. The van der Waals surface area contributed by atoms with Gasteiger partial charge in [-0.25, -0.2) is 0 Å². The minimum atomic E-state index is -0.451. The molecule has 2 rings (SSSR count). The first-order valence-electron chi connectivity index (χ1n) is 5.16. The van der Waals surface area contributed by atoms with E-state index in [1.165, 1.54) is 18.3 Å². The van der Waals surface area contributed by atoms with Gasteiger partial charge in [-0.05, 0) is 22.1 Å². The molecule has 1 heterocycles. The van der Waals surface area contributed by atoms with Crippen LogP contribution in [0.25, 0.3) is 6.08 Å². The summed E-state index contributed by atoms with van der Waals surface area (Å²) in [4.78, 5) is 11.2. The van der Waals surface area contributed by atoms with E-state index in [0.717, 1.165) is 4.79 Å². The molecule has 19 heavy (non-hydrogen) atoms. The van der Waals surface area contributed by atoms with Crippen LogP contribution in [0, 0.1) is 10.1 Å². The molecule has 0 fully saturated rings. The van der Waals surface area contributed by atoms with Crippen molar-refractivity contribution in [3.8, 4) is 0 Å². The first-order valence-corrected chi connectivity index (χ1v) is 5.16. The summed E-state index contributed by atoms with van der Waals surface area (Å²) in [5, 5.41) is 24.7. The second-order valence-corrected chi connectivity index (χ2v) is 3.40. The van der Waals surface area contributed by atoms with Gasteiger partial charge in [0.25, 0.3) is 11.6 Å². The van der Waals surface area contributed by atoms with Gasteiger partial charge in [0.2, 0.25) is 0 Å². The Kier molecular flexibility index (Phi) is 3.57. The lowest BCUT2D eigenvalue weighted by Gasteiger charge is -1.93. The Morgan fingerprint density at radius 2 is 2.32 bits per heavy atom. The predicted octanol–water partition coefficient (Wildman–Crippen LogP) is 0.711. The molecule has 0 unspecified atom stereocenters. The lowest BCUT2D eigenvalue weighted by molar-refractivity contribution is -0.384. The Hall–Kier alpha value is -3.10. The van der Waals surface area contributed by atoms with Crippen LogP contribution in [-0.2, 0) is 0 Å². The summed E-state index contributed by atoms with van der Waals surface area (Å²) in [7, 11) is 0. The molecule has 9 heteroatoms. The van der Waals surface area contributed by atoms with Crippen molar-refractivity contribution in [2.75, 3.05) is 5.73 Å². The number of rotatable bonds is 4. The third-order valence-electron chi connectivity index (χ3n) is 2.11. The van der Waals surface area contributed by atoms with Gasteiger partial charge in [-0.3, -0.25) is 10.1 Å². The number of allylic oxidation sites excluding steroid dienone is 1. The molecule has 0 spiro atoms. The number of nitro groups is 1. The second-order valence-electron chi connectivity index (χ2n) is 3.40. The van der Waals surface area contributed by atoms with E-state index in [1.807, 2.05) is 0 Å². The van der Waals surface area contributed by atoms with E-state index in [4.69, 9.17) is 5.73 Å². The minimum Gasteiger partial charge on any atom is -0.365 e. The number of non-ortho nitro benzene ring substituents is 1. The molecule has 2 aromatic rings. The van der Waals surface area contributed by atoms with Crippen LogP contribution < -0.4 is 5.73 Å². The molecule has 0 radical (unpaired) electrons. The SMILES string of the molecule is Nc1nnnn1/N=C/C=C/c1cccc([N+](=O)[O-])c1. The molecule has 0 aliphatic heterocycles. The highest BCUT2D eigenvalue weighted by atomic mass is 16.6. The highest BCUT2D eigenvalue weighted by molar-refractivity contribution is 5.78. The van der Waals surface area contributed by atoms with E-state index in [1.54, 1.807) is 24.3 Å². The maximum absolute atomic E-state index is 10.6. The van der Waals surface area contributed by atoms with Crippen molar-refractivity contribution in [3.05, 3.63) is 46.0 Å². The minimum absolute atomic E-state index is 0.0313. The first kappa shape index (κ1) is 12.4. The number of hydrogen-bond donors (Lipinski definition) is 1. The van der Waals surface area contributed by atoms with Crippen molar-refractivity contribution >= 4 is 23.9 Å². The van der Waals surface area contributed by atoms with Gasteiger partial charge in [0.05, 0.1) is 4.92 Å². The molecule has 0 bridgehead atoms. The summed E-state index contributed by atoms with van der Waals surface area (Å²) in [6.45, 7) is 0. The van der Waals surface area contributed by atoms with E-state index in [0.29, 0.717) is 5.56 Å². The molecule has 0 aliphatic carbocycles. The molecule has 0 aliphatic rings. The van der Waals surface area contributed by atoms with Crippen LogP contribution in [0.15, 0.2) is 35.4 Å². The van der Waals surface area contributed by atoms with Crippen molar-refractivity contribution in [3.63, 3.8) is 0 Å². The van der Waals surface area contributed by atoms with Crippen molar-refractivity contribution in [2.24, 2.45) is 5.10 Å². The van der Waals surface area contributed by atoms with E-state index in [-0.39, 0.29) is 11.6 Å². The zero-order valence-corrected chi connectivity index (χ0v) is 9.62. The van der Waals surface area contributed by atoms with E-state index in [9.17, 15) is 10.1 Å². The molecule has 1 aromatic heterocycles. The predicted molar refractivity (Wildman–Crippen MR) is 68.2 cm³/mol. The van der Waals surface area contributed by atoms with Crippen molar-refractivity contribution in [2.45, 2.75) is 0 Å². The molecule has 0 amide bonds. The molecule has 96 valence electrons. The molecule has 2 N–H and O–H groups in total. The summed E-state index contributed by atoms with van der Waals surface area (Å²) in [5.41, 5.74) is 6.12. The normalized spacial score (nSPS) is 11.4. The average molecular weight is 259 g/mol. The van der Waals surface area contributed by atoms with Gasteiger partial charge in [0, 0.05) is 18.3 Å². The van der Waals surface area contributed by atoms with Gasteiger partial charge >= 0.3 is 0 Å². The number of nitrogens with zero attached hydrogens (tertiary/aromatic N) is 6. The quantitative estimate of drug-likeness (QED) is 0.489. The number of nitrogens with two attached hydrogens (primary N) is 1. The first-order chi connectivity index (χ1) is 9.16.